The predicted octanol–water partition coefficient (Wildman–Crippen LogP) is 2.83. The summed E-state index contributed by atoms with van der Waals surface area (Å²) in [4.78, 5) is 18.2. The maximum atomic E-state index is 12.3. The van der Waals surface area contributed by atoms with Gasteiger partial charge in [0.1, 0.15) is 5.82 Å². The van der Waals surface area contributed by atoms with Crippen molar-refractivity contribution in [1.29, 1.82) is 0 Å². The van der Waals surface area contributed by atoms with Gasteiger partial charge in [0, 0.05) is 17.8 Å². The van der Waals surface area contributed by atoms with Gasteiger partial charge in [-0.25, -0.2) is 9.78 Å². The molecule has 1 aliphatic carbocycles. The van der Waals surface area contributed by atoms with Crippen LogP contribution in [0.3, 0.4) is 0 Å². The number of anilines is 1. The van der Waals surface area contributed by atoms with Crippen molar-refractivity contribution in [3.8, 4) is 0 Å². The second-order valence-corrected chi connectivity index (χ2v) is 7.58. The maximum absolute atomic E-state index is 12.3. The van der Waals surface area contributed by atoms with Crippen molar-refractivity contribution < 1.29 is 4.79 Å². The molecule has 0 aromatic carbocycles. The van der Waals surface area contributed by atoms with E-state index in [9.17, 15) is 4.79 Å². The van der Waals surface area contributed by atoms with Crippen LogP contribution in [0.1, 0.15) is 60.9 Å². The van der Waals surface area contributed by atoms with Crippen molar-refractivity contribution >= 4 is 22.5 Å². The fourth-order valence-electron chi connectivity index (χ4n) is 3.47. The minimum Gasteiger partial charge on any atom is -0.328 e. The number of urea groups is 1. The van der Waals surface area contributed by atoms with E-state index >= 15 is 0 Å². The van der Waals surface area contributed by atoms with Crippen LogP contribution in [-0.2, 0) is 25.8 Å². The molecule has 128 valence electrons. The number of rotatable bonds is 3. The quantitative estimate of drug-likeness (QED) is 0.837. The van der Waals surface area contributed by atoms with Gasteiger partial charge in [0.15, 0.2) is 11.0 Å². The van der Waals surface area contributed by atoms with Gasteiger partial charge in [-0.15, -0.1) is 21.5 Å². The molecule has 2 aromatic rings. The highest BCUT2D eigenvalue weighted by atomic mass is 32.1. The van der Waals surface area contributed by atoms with Crippen LogP contribution in [0.2, 0.25) is 0 Å². The SMILES string of the molecule is CC(NC(=O)Nc1nc2c(s1)CCCCC2)c1nnc2n1CCC2. The number of hydrogen-bond donors (Lipinski definition) is 2. The monoisotopic (exact) mass is 346 g/mol. The highest BCUT2D eigenvalue weighted by Gasteiger charge is 2.23. The predicted molar refractivity (Wildman–Crippen MR) is 92.3 cm³/mol. The summed E-state index contributed by atoms with van der Waals surface area (Å²) in [5, 5.41) is 14.9. The smallest absolute Gasteiger partial charge is 0.321 e. The highest BCUT2D eigenvalue weighted by molar-refractivity contribution is 7.15. The molecule has 8 heteroatoms. The van der Waals surface area contributed by atoms with Crippen molar-refractivity contribution in [1.82, 2.24) is 25.1 Å². The Morgan fingerprint density at radius 3 is 2.96 bits per heavy atom. The van der Waals surface area contributed by atoms with Crippen molar-refractivity contribution in [2.45, 2.75) is 64.5 Å². The van der Waals surface area contributed by atoms with Crippen molar-refractivity contribution in [2.75, 3.05) is 5.32 Å². The van der Waals surface area contributed by atoms with Gasteiger partial charge in [-0.2, -0.15) is 0 Å². The molecule has 1 atom stereocenters. The summed E-state index contributed by atoms with van der Waals surface area (Å²) in [6.07, 6.45) is 7.85. The molecule has 2 aromatic heterocycles. The Labute approximate surface area is 144 Å². The number of hydrogen-bond acceptors (Lipinski definition) is 5. The van der Waals surface area contributed by atoms with Gasteiger partial charge in [0.25, 0.3) is 0 Å². The van der Waals surface area contributed by atoms with Gasteiger partial charge >= 0.3 is 6.03 Å². The standard InChI is InChI=1S/C16H22N6OS/c1-10(14-21-20-13-8-5-9-22(13)14)17-15(23)19-16-18-11-6-3-2-4-7-12(11)24-16/h10H,2-9H2,1H3,(H2,17,18,19,23). The normalized spacial score (nSPS) is 17.7. The number of amides is 2. The third-order valence-electron chi connectivity index (χ3n) is 4.69. The molecular formula is C16H22N6OS. The summed E-state index contributed by atoms with van der Waals surface area (Å²) in [6.45, 7) is 2.87. The summed E-state index contributed by atoms with van der Waals surface area (Å²) in [6, 6.07) is -0.413. The van der Waals surface area contributed by atoms with Crippen LogP contribution >= 0.6 is 11.3 Å². The molecule has 2 aliphatic rings. The number of carbonyl (C=O) groups excluding carboxylic acids is 1. The molecule has 3 heterocycles. The van der Waals surface area contributed by atoms with E-state index in [0.717, 1.165) is 49.6 Å². The van der Waals surface area contributed by atoms with Crippen LogP contribution in [-0.4, -0.2) is 25.8 Å². The molecule has 0 saturated heterocycles. The molecule has 0 spiro atoms. The second-order valence-electron chi connectivity index (χ2n) is 6.50. The van der Waals surface area contributed by atoms with Gasteiger partial charge in [0.2, 0.25) is 0 Å². The van der Waals surface area contributed by atoms with Crippen LogP contribution in [0.25, 0.3) is 0 Å². The number of carbonyl (C=O) groups is 1. The Balaban J connectivity index is 1.39. The van der Waals surface area contributed by atoms with E-state index in [2.05, 4.69) is 30.4 Å². The van der Waals surface area contributed by atoms with Gasteiger partial charge in [-0.1, -0.05) is 6.42 Å². The first kappa shape index (κ1) is 15.6. The number of thiazole rings is 1. The Morgan fingerprint density at radius 1 is 1.17 bits per heavy atom. The summed E-state index contributed by atoms with van der Waals surface area (Å²) < 4.78 is 2.11. The first-order valence-corrected chi connectivity index (χ1v) is 9.50. The Morgan fingerprint density at radius 2 is 2.04 bits per heavy atom. The van der Waals surface area contributed by atoms with Gasteiger partial charge in [-0.3, -0.25) is 5.32 Å². The van der Waals surface area contributed by atoms with Crippen molar-refractivity contribution in [3.63, 3.8) is 0 Å². The van der Waals surface area contributed by atoms with E-state index < -0.39 is 0 Å². The Hall–Kier alpha value is -1.96. The summed E-state index contributed by atoms with van der Waals surface area (Å²) in [5.74, 6) is 1.84. The fraction of sp³-hybridized carbons (Fsp3) is 0.625. The van der Waals surface area contributed by atoms with E-state index in [4.69, 9.17) is 0 Å². The lowest BCUT2D eigenvalue weighted by molar-refractivity contribution is 0.248. The van der Waals surface area contributed by atoms with Crippen LogP contribution in [0.5, 0.6) is 0 Å². The molecule has 2 N–H and O–H groups in total. The molecule has 0 saturated carbocycles. The summed E-state index contributed by atoms with van der Waals surface area (Å²) >= 11 is 1.61. The highest BCUT2D eigenvalue weighted by Crippen LogP contribution is 2.29. The Bertz CT molecular complexity index is 728. The molecule has 0 fully saturated rings. The van der Waals surface area contributed by atoms with E-state index in [1.165, 1.54) is 24.1 Å². The number of nitrogens with one attached hydrogen (secondary N) is 2. The molecule has 2 amide bonds. The largest absolute Gasteiger partial charge is 0.328 e. The third-order valence-corrected chi connectivity index (χ3v) is 5.76. The molecule has 1 aliphatic heterocycles. The number of aryl methyl sites for hydroxylation is 3. The lowest BCUT2D eigenvalue weighted by Crippen LogP contribution is -2.32. The first-order valence-electron chi connectivity index (χ1n) is 8.69. The molecule has 7 nitrogen and oxygen atoms in total. The molecule has 1 unspecified atom stereocenters. The Kier molecular flexibility index (Phi) is 4.22. The average Bonchev–Trinajstić information content (AvgIpc) is 3.20. The summed E-state index contributed by atoms with van der Waals surface area (Å²) in [7, 11) is 0. The zero-order chi connectivity index (χ0) is 16.5. The van der Waals surface area contributed by atoms with Crippen LogP contribution in [0, 0.1) is 0 Å². The number of fused-ring (bicyclic) bond motifs is 2. The number of nitrogens with zero attached hydrogens (tertiary/aromatic N) is 4. The molecule has 4 rings (SSSR count). The fourth-order valence-corrected chi connectivity index (χ4v) is 4.51. The van der Waals surface area contributed by atoms with Crippen molar-refractivity contribution in [2.24, 2.45) is 0 Å². The van der Waals surface area contributed by atoms with Crippen LogP contribution in [0.4, 0.5) is 9.93 Å². The number of aromatic nitrogens is 4. The maximum Gasteiger partial charge on any atom is 0.321 e. The average molecular weight is 346 g/mol. The third kappa shape index (κ3) is 3.02. The minimum absolute atomic E-state index is 0.179. The minimum atomic E-state index is -0.234. The zero-order valence-corrected chi connectivity index (χ0v) is 14.7. The van der Waals surface area contributed by atoms with E-state index in [0.29, 0.717) is 5.13 Å². The van der Waals surface area contributed by atoms with Crippen LogP contribution in [0.15, 0.2) is 0 Å². The zero-order valence-electron chi connectivity index (χ0n) is 13.8. The van der Waals surface area contributed by atoms with Crippen LogP contribution < -0.4 is 10.6 Å². The lowest BCUT2D eigenvalue weighted by Gasteiger charge is -2.13. The molecule has 0 bridgehead atoms. The second kappa shape index (κ2) is 6.51. The molecule has 24 heavy (non-hydrogen) atoms. The topological polar surface area (TPSA) is 84.7 Å². The van der Waals surface area contributed by atoms with Gasteiger partial charge in [-0.05, 0) is 39.0 Å². The van der Waals surface area contributed by atoms with Gasteiger partial charge in [0.05, 0.1) is 11.7 Å². The summed E-state index contributed by atoms with van der Waals surface area (Å²) in [5.41, 5.74) is 1.16. The van der Waals surface area contributed by atoms with Crippen molar-refractivity contribution in [3.05, 3.63) is 22.2 Å². The van der Waals surface area contributed by atoms with E-state index in [1.807, 2.05) is 6.92 Å². The molecule has 0 radical (unpaired) electrons. The molecular weight excluding hydrogens is 324 g/mol. The van der Waals surface area contributed by atoms with E-state index in [1.54, 1.807) is 11.3 Å². The van der Waals surface area contributed by atoms with E-state index in [-0.39, 0.29) is 12.1 Å². The lowest BCUT2D eigenvalue weighted by atomic mass is 10.2. The van der Waals surface area contributed by atoms with Gasteiger partial charge < -0.3 is 9.88 Å². The first-order chi connectivity index (χ1) is 11.7.